The van der Waals surface area contributed by atoms with Crippen LogP contribution in [0.4, 0.5) is 0 Å². The lowest BCUT2D eigenvalue weighted by Crippen LogP contribution is -2.43. The zero-order valence-corrected chi connectivity index (χ0v) is 15.1. The summed E-state index contributed by atoms with van der Waals surface area (Å²) in [7, 11) is 0. The van der Waals surface area contributed by atoms with Crippen molar-refractivity contribution in [1.82, 2.24) is 15.1 Å². The van der Waals surface area contributed by atoms with Crippen molar-refractivity contribution in [3.05, 3.63) is 16.4 Å². The van der Waals surface area contributed by atoms with E-state index in [1.807, 2.05) is 13.1 Å². The molecule has 1 aromatic heterocycles. The summed E-state index contributed by atoms with van der Waals surface area (Å²) in [6.45, 7) is 14.4. The van der Waals surface area contributed by atoms with Crippen LogP contribution in [0.15, 0.2) is 10.7 Å². The lowest BCUT2D eigenvalue weighted by molar-refractivity contribution is -0.0415. The Bertz CT molecular complexity index is 415. The number of aromatic nitrogens is 2. The van der Waals surface area contributed by atoms with Gasteiger partial charge in [-0.1, -0.05) is 6.92 Å². The highest BCUT2D eigenvalue weighted by atomic mass is 79.9. The molecule has 1 rings (SSSR count). The Balaban J connectivity index is 3.20. The minimum atomic E-state index is -0.293. The first-order chi connectivity index (χ1) is 9.35. The normalized spacial score (nSPS) is 14.0. The molecular formula is C15H28BrN3O. The minimum Gasteiger partial charge on any atom is -0.374 e. The maximum Gasteiger partial charge on any atom is 0.0835 e. The predicted octanol–water partition coefficient (Wildman–Crippen LogP) is 4.08. The average molecular weight is 346 g/mol. The molecule has 0 aliphatic carbocycles. The van der Waals surface area contributed by atoms with Crippen molar-refractivity contribution >= 4 is 15.9 Å². The van der Waals surface area contributed by atoms with Gasteiger partial charge in [0.1, 0.15) is 0 Å². The van der Waals surface area contributed by atoms with Gasteiger partial charge in [0.25, 0.3) is 0 Å². The van der Waals surface area contributed by atoms with Crippen molar-refractivity contribution in [2.24, 2.45) is 0 Å². The third-order valence-electron chi connectivity index (χ3n) is 3.36. The molecule has 0 saturated carbocycles. The SMILES string of the molecule is CCCNC(c1c(Br)cnn1C(C)C)C(C)(C)OCC. The molecule has 0 aliphatic heterocycles. The van der Waals surface area contributed by atoms with Gasteiger partial charge in [-0.2, -0.15) is 5.10 Å². The van der Waals surface area contributed by atoms with Gasteiger partial charge < -0.3 is 10.1 Å². The van der Waals surface area contributed by atoms with Crippen molar-refractivity contribution in [2.45, 2.75) is 65.6 Å². The molecule has 1 unspecified atom stereocenters. The zero-order valence-electron chi connectivity index (χ0n) is 13.5. The van der Waals surface area contributed by atoms with E-state index in [1.165, 1.54) is 0 Å². The smallest absolute Gasteiger partial charge is 0.0835 e. The summed E-state index contributed by atoms with van der Waals surface area (Å²) in [4.78, 5) is 0. The molecule has 0 fully saturated rings. The summed E-state index contributed by atoms with van der Waals surface area (Å²) >= 11 is 3.64. The lowest BCUT2D eigenvalue weighted by Gasteiger charge is -2.36. The number of hydrogen-bond acceptors (Lipinski definition) is 3. The number of ether oxygens (including phenoxy) is 1. The van der Waals surface area contributed by atoms with Gasteiger partial charge in [-0.05, 0) is 63.5 Å². The van der Waals surface area contributed by atoms with Crippen LogP contribution < -0.4 is 5.32 Å². The first-order valence-corrected chi connectivity index (χ1v) is 8.24. The van der Waals surface area contributed by atoms with Crippen LogP contribution >= 0.6 is 15.9 Å². The third kappa shape index (κ3) is 4.06. The molecule has 0 saturated heterocycles. The van der Waals surface area contributed by atoms with E-state index in [4.69, 9.17) is 4.74 Å². The standard InChI is InChI=1S/C15H28BrN3O/c1-7-9-17-14(15(5,6)20-8-2)13-12(16)10-18-19(13)11(3)4/h10-11,14,17H,7-9H2,1-6H3. The van der Waals surface area contributed by atoms with E-state index in [9.17, 15) is 0 Å². The molecule has 1 N–H and O–H groups in total. The minimum absolute atomic E-state index is 0.0988. The molecule has 0 aromatic carbocycles. The topological polar surface area (TPSA) is 39.1 Å². The molecule has 0 bridgehead atoms. The molecule has 5 heteroatoms. The van der Waals surface area contributed by atoms with Crippen LogP contribution in [0.2, 0.25) is 0 Å². The summed E-state index contributed by atoms with van der Waals surface area (Å²) in [5.41, 5.74) is 0.867. The van der Waals surface area contributed by atoms with Crippen LogP contribution in [0, 0.1) is 0 Å². The fraction of sp³-hybridized carbons (Fsp3) is 0.800. The van der Waals surface area contributed by atoms with Gasteiger partial charge in [0.15, 0.2) is 0 Å². The van der Waals surface area contributed by atoms with E-state index in [0.717, 1.165) is 23.1 Å². The predicted molar refractivity (Wildman–Crippen MR) is 87.1 cm³/mol. The maximum absolute atomic E-state index is 5.98. The Labute approximate surface area is 131 Å². The second kappa shape index (κ2) is 7.57. The highest BCUT2D eigenvalue weighted by Crippen LogP contribution is 2.34. The van der Waals surface area contributed by atoms with Crippen molar-refractivity contribution in [2.75, 3.05) is 13.2 Å². The largest absolute Gasteiger partial charge is 0.374 e. The number of nitrogens with zero attached hydrogens (tertiary/aromatic N) is 2. The van der Waals surface area contributed by atoms with Gasteiger partial charge in [-0.15, -0.1) is 0 Å². The number of rotatable bonds is 8. The first-order valence-electron chi connectivity index (χ1n) is 7.45. The summed E-state index contributed by atoms with van der Waals surface area (Å²) in [6.07, 6.45) is 2.96. The van der Waals surface area contributed by atoms with Gasteiger partial charge in [0, 0.05) is 12.6 Å². The molecule has 0 amide bonds. The van der Waals surface area contributed by atoms with Crippen LogP contribution in [0.25, 0.3) is 0 Å². The van der Waals surface area contributed by atoms with Crippen molar-refractivity contribution < 1.29 is 4.74 Å². The molecule has 0 radical (unpaired) electrons. The Morgan fingerprint density at radius 2 is 2.05 bits per heavy atom. The third-order valence-corrected chi connectivity index (χ3v) is 3.97. The molecule has 4 nitrogen and oxygen atoms in total. The zero-order chi connectivity index (χ0) is 15.3. The molecule has 0 spiro atoms. The van der Waals surface area contributed by atoms with E-state index >= 15 is 0 Å². The average Bonchev–Trinajstić information content (AvgIpc) is 2.72. The monoisotopic (exact) mass is 345 g/mol. The Kier molecular flexibility index (Phi) is 6.69. The highest BCUT2D eigenvalue weighted by Gasteiger charge is 2.35. The lowest BCUT2D eigenvalue weighted by atomic mass is 9.94. The molecule has 20 heavy (non-hydrogen) atoms. The van der Waals surface area contributed by atoms with Crippen molar-refractivity contribution in [3.8, 4) is 0 Å². The van der Waals surface area contributed by atoms with Crippen LogP contribution in [-0.4, -0.2) is 28.5 Å². The van der Waals surface area contributed by atoms with E-state index in [1.54, 1.807) is 0 Å². The van der Waals surface area contributed by atoms with Gasteiger partial charge in [0.05, 0.1) is 28.0 Å². The Morgan fingerprint density at radius 1 is 1.40 bits per heavy atom. The highest BCUT2D eigenvalue weighted by molar-refractivity contribution is 9.10. The summed E-state index contributed by atoms with van der Waals surface area (Å²) < 4.78 is 9.08. The molecule has 1 aromatic rings. The van der Waals surface area contributed by atoms with Crippen LogP contribution in [-0.2, 0) is 4.74 Å². The molecular weight excluding hydrogens is 318 g/mol. The number of hydrogen-bond donors (Lipinski definition) is 1. The van der Waals surface area contributed by atoms with Gasteiger partial charge in [-0.3, -0.25) is 4.68 Å². The van der Waals surface area contributed by atoms with Crippen molar-refractivity contribution in [1.29, 1.82) is 0 Å². The van der Waals surface area contributed by atoms with Crippen LogP contribution in [0.1, 0.15) is 65.7 Å². The number of nitrogens with one attached hydrogen (secondary N) is 1. The Morgan fingerprint density at radius 3 is 2.55 bits per heavy atom. The molecule has 1 heterocycles. The summed E-state index contributed by atoms with van der Waals surface area (Å²) in [6, 6.07) is 0.418. The Hall–Kier alpha value is -0.390. The fourth-order valence-corrected chi connectivity index (χ4v) is 2.95. The van der Waals surface area contributed by atoms with E-state index in [0.29, 0.717) is 12.6 Å². The summed E-state index contributed by atoms with van der Waals surface area (Å²) in [5.74, 6) is 0. The summed E-state index contributed by atoms with van der Waals surface area (Å²) in [5, 5.41) is 8.11. The number of halogens is 1. The second-order valence-electron chi connectivity index (χ2n) is 5.84. The van der Waals surface area contributed by atoms with Gasteiger partial charge in [0.2, 0.25) is 0 Å². The maximum atomic E-state index is 5.98. The van der Waals surface area contributed by atoms with Gasteiger partial charge in [-0.25, -0.2) is 0 Å². The van der Waals surface area contributed by atoms with E-state index in [2.05, 4.69) is 65.6 Å². The van der Waals surface area contributed by atoms with Crippen molar-refractivity contribution in [3.63, 3.8) is 0 Å². The van der Waals surface area contributed by atoms with E-state index in [-0.39, 0.29) is 11.6 Å². The van der Waals surface area contributed by atoms with Crippen LogP contribution in [0.3, 0.4) is 0 Å². The second-order valence-corrected chi connectivity index (χ2v) is 6.69. The molecule has 116 valence electrons. The van der Waals surface area contributed by atoms with Crippen LogP contribution in [0.5, 0.6) is 0 Å². The molecule has 1 atom stereocenters. The van der Waals surface area contributed by atoms with Gasteiger partial charge >= 0.3 is 0 Å². The quantitative estimate of drug-likeness (QED) is 0.771. The molecule has 0 aliphatic rings. The fourth-order valence-electron chi connectivity index (χ4n) is 2.45. The van der Waals surface area contributed by atoms with E-state index < -0.39 is 0 Å². The first kappa shape index (κ1) is 17.7.